The number of halogens is 1. The molecule has 0 fully saturated rings. The Morgan fingerprint density at radius 1 is 1.06 bits per heavy atom. The second kappa shape index (κ2) is 5.90. The Morgan fingerprint density at radius 2 is 1.83 bits per heavy atom. The standard InChI is InChI=1S/C15H10ClNO/c16-14-8-4-7-13(11-14)15(17-18)10-9-12-5-2-1-3-6-12/h1-8,11,18H/b17-15-. The van der Waals surface area contributed by atoms with E-state index in [1.165, 1.54) is 0 Å². The smallest absolute Gasteiger partial charge is 0.160 e. The van der Waals surface area contributed by atoms with Crippen LogP contribution >= 0.6 is 11.6 Å². The van der Waals surface area contributed by atoms with Crippen molar-refractivity contribution in [3.05, 3.63) is 70.7 Å². The van der Waals surface area contributed by atoms with Crippen LogP contribution in [0.3, 0.4) is 0 Å². The minimum Gasteiger partial charge on any atom is -0.410 e. The quantitative estimate of drug-likeness (QED) is 0.359. The van der Waals surface area contributed by atoms with Gasteiger partial charge in [0.1, 0.15) is 0 Å². The van der Waals surface area contributed by atoms with E-state index in [4.69, 9.17) is 16.8 Å². The molecule has 0 spiro atoms. The Labute approximate surface area is 111 Å². The lowest BCUT2D eigenvalue weighted by molar-refractivity contribution is 0.320. The van der Waals surface area contributed by atoms with Crippen LogP contribution in [-0.2, 0) is 0 Å². The van der Waals surface area contributed by atoms with E-state index in [2.05, 4.69) is 17.0 Å². The first kappa shape index (κ1) is 12.2. The molecule has 0 atom stereocenters. The van der Waals surface area contributed by atoms with Crippen LogP contribution in [0.2, 0.25) is 5.02 Å². The highest BCUT2D eigenvalue weighted by atomic mass is 35.5. The predicted octanol–water partition coefficient (Wildman–Crippen LogP) is 3.57. The number of rotatable bonds is 1. The average molecular weight is 256 g/mol. The molecule has 0 unspecified atom stereocenters. The summed E-state index contributed by atoms with van der Waals surface area (Å²) in [5.74, 6) is 5.75. The highest BCUT2D eigenvalue weighted by molar-refractivity contribution is 6.31. The molecule has 0 bridgehead atoms. The fraction of sp³-hybridized carbons (Fsp3) is 0. The number of benzene rings is 2. The molecule has 2 aromatic rings. The highest BCUT2D eigenvalue weighted by Crippen LogP contribution is 2.11. The van der Waals surface area contributed by atoms with Gasteiger partial charge in [-0.25, -0.2) is 0 Å². The molecule has 88 valence electrons. The first-order chi connectivity index (χ1) is 8.79. The van der Waals surface area contributed by atoms with E-state index in [1.54, 1.807) is 24.3 Å². The number of hydrogen-bond acceptors (Lipinski definition) is 2. The minimum atomic E-state index is 0.293. The van der Waals surface area contributed by atoms with E-state index >= 15 is 0 Å². The molecule has 3 heteroatoms. The third kappa shape index (κ3) is 3.13. The lowest BCUT2D eigenvalue weighted by atomic mass is 10.1. The molecular weight excluding hydrogens is 246 g/mol. The Hall–Kier alpha value is -2.24. The van der Waals surface area contributed by atoms with Gasteiger partial charge >= 0.3 is 0 Å². The molecule has 2 nitrogen and oxygen atoms in total. The molecule has 0 saturated heterocycles. The van der Waals surface area contributed by atoms with Crippen LogP contribution in [0.25, 0.3) is 0 Å². The Bertz CT molecular complexity index is 624. The summed E-state index contributed by atoms with van der Waals surface area (Å²) in [4.78, 5) is 0. The molecule has 0 aliphatic heterocycles. The van der Waals surface area contributed by atoms with Crippen LogP contribution in [0, 0.1) is 11.8 Å². The van der Waals surface area contributed by atoms with Gasteiger partial charge in [0.05, 0.1) is 0 Å². The first-order valence-corrected chi connectivity index (χ1v) is 5.72. The summed E-state index contributed by atoms with van der Waals surface area (Å²) in [6, 6.07) is 16.5. The van der Waals surface area contributed by atoms with E-state index in [1.807, 2.05) is 30.3 Å². The molecule has 18 heavy (non-hydrogen) atoms. The third-order valence-electron chi connectivity index (χ3n) is 2.30. The van der Waals surface area contributed by atoms with E-state index < -0.39 is 0 Å². The summed E-state index contributed by atoms with van der Waals surface area (Å²) in [6.45, 7) is 0. The Morgan fingerprint density at radius 3 is 2.50 bits per heavy atom. The summed E-state index contributed by atoms with van der Waals surface area (Å²) in [5.41, 5.74) is 1.84. The fourth-order valence-corrected chi connectivity index (χ4v) is 1.63. The Balaban J connectivity index is 2.30. The molecule has 1 N–H and O–H groups in total. The normalized spacial score (nSPS) is 10.6. The van der Waals surface area contributed by atoms with Crippen molar-refractivity contribution in [1.29, 1.82) is 0 Å². The molecule has 0 radical (unpaired) electrons. The molecule has 0 aromatic heterocycles. The summed E-state index contributed by atoms with van der Waals surface area (Å²) in [5, 5.41) is 12.8. The van der Waals surface area contributed by atoms with Gasteiger partial charge < -0.3 is 5.21 Å². The summed E-state index contributed by atoms with van der Waals surface area (Å²) in [6.07, 6.45) is 0. The van der Waals surface area contributed by atoms with E-state index in [0.29, 0.717) is 16.3 Å². The summed E-state index contributed by atoms with van der Waals surface area (Å²) in [7, 11) is 0. The number of nitrogens with zero attached hydrogens (tertiary/aromatic N) is 1. The number of oxime groups is 1. The topological polar surface area (TPSA) is 32.6 Å². The van der Waals surface area contributed by atoms with Gasteiger partial charge in [-0.2, -0.15) is 0 Å². The fourth-order valence-electron chi connectivity index (χ4n) is 1.44. The first-order valence-electron chi connectivity index (χ1n) is 5.34. The molecule has 2 aromatic carbocycles. The molecule has 0 heterocycles. The largest absolute Gasteiger partial charge is 0.410 e. The third-order valence-corrected chi connectivity index (χ3v) is 2.53. The zero-order valence-corrected chi connectivity index (χ0v) is 10.2. The SMILES string of the molecule is O/N=C(/C#Cc1ccccc1)c1cccc(Cl)c1. The van der Waals surface area contributed by atoms with Gasteiger partial charge in [-0.3, -0.25) is 0 Å². The van der Waals surface area contributed by atoms with Gasteiger partial charge in [0, 0.05) is 16.1 Å². The molecule has 0 saturated carbocycles. The second-order valence-corrected chi connectivity index (χ2v) is 4.01. The van der Waals surface area contributed by atoms with Crippen LogP contribution < -0.4 is 0 Å². The van der Waals surface area contributed by atoms with E-state index in [-0.39, 0.29) is 0 Å². The predicted molar refractivity (Wildman–Crippen MR) is 73.1 cm³/mol. The highest BCUT2D eigenvalue weighted by Gasteiger charge is 2.01. The van der Waals surface area contributed by atoms with Crippen molar-refractivity contribution in [1.82, 2.24) is 0 Å². The van der Waals surface area contributed by atoms with E-state index in [9.17, 15) is 0 Å². The maximum atomic E-state index is 8.99. The van der Waals surface area contributed by atoms with Crippen LogP contribution in [0.15, 0.2) is 59.8 Å². The summed E-state index contributed by atoms with van der Waals surface area (Å²) < 4.78 is 0. The van der Waals surface area contributed by atoms with Crippen molar-refractivity contribution in [3.63, 3.8) is 0 Å². The van der Waals surface area contributed by atoms with Crippen molar-refractivity contribution in [2.45, 2.75) is 0 Å². The van der Waals surface area contributed by atoms with Gasteiger partial charge in [0.15, 0.2) is 5.71 Å². The molecule has 0 aliphatic carbocycles. The van der Waals surface area contributed by atoms with Crippen LogP contribution in [-0.4, -0.2) is 10.9 Å². The van der Waals surface area contributed by atoms with Gasteiger partial charge in [0.25, 0.3) is 0 Å². The minimum absolute atomic E-state index is 0.293. The molecule has 0 aliphatic rings. The van der Waals surface area contributed by atoms with Gasteiger partial charge in [-0.15, -0.1) is 0 Å². The maximum Gasteiger partial charge on any atom is 0.160 e. The van der Waals surface area contributed by atoms with Crippen molar-refractivity contribution in [2.24, 2.45) is 5.16 Å². The van der Waals surface area contributed by atoms with Crippen molar-refractivity contribution in [2.75, 3.05) is 0 Å². The molecule has 2 rings (SSSR count). The van der Waals surface area contributed by atoms with Gasteiger partial charge in [0.2, 0.25) is 0 Å². The molecule has 0 amide bonds. The zero-order valence-electron chi connectivity index (χ0n) is 9.47. The van der Waals surface area contributed by atoms with Crippen molar-refractivity contribution >= 4 is 17.3 Å². The lowest BCUT2D eigenvalue weighted by Crippen LogP contribution is -1.97. The van der Waals surface area contributed by atoms with Crippen LogP contribution in [0.5, 0.6) is 0 Å². The number of hydrogen-bond donors (Lipinski definition) is 1. The van der Waals surface area contributed by atoms with Gasteiger partial charge in [-0.1, -0.05) is 53.0 Å². The van der Waals surface area contributed by atoms with Gasteiger partial charge in [-0.05, 0) is 30.2 Å². The van der Waals surface area contributed by atoms with Crippen molar-refractivity contribution < 1.29 is 5.21 Å². The van der Waals surface area contributed by atoms with Crippen LogP contribution in [0.4, 0.5) is 0 Å². The maximum absolute atomic E-state index is 8.99. The molecular formula is C15H10ClNO. The van der Waals surface area contributed by atoms with Crippen LogP contribution in [0.1, 0.15) is 11.1 Å². The van der Waals surface area contributed by atoms with Crippen molar-refractivity contribution in [3.8, 4) is 11.8 Å². The average Bonchev–Trinajstić information content (AvgIpc) is 2.41. The summed E-state index contributed by atoms with van der Waals surface area (Å²) >= 11 is 5.88. The lowest BCUT2D eigenvalue weighted by Gasteiger charge is -1.97. The monoisotopic (exact) mass is 255 g/mol. The zero-order chi connectivity index (χ0) is 12.8. The van der Waals surface area contributed by atoms with E-state index in [0.717, 1.165) is 5.56 Å². The second-order valence-electron chi connectivity index (χ2n) is 3.57. The Kier molecular flexibility index (Phi) is 4.01.